The van der Waals surface area contributed by atoms with Crippen LogP contribution in [-0.2, 0) is 4.79 Å². The van der Waals surface area contributed by atoms with Gasteiger partial charge in [0, 0.05) is 16.5 Å². The Morgan fingerprint density at radius 2 is 1.91 bits per heavy atom. The normalized spacial score (nSPS) is 10.2. The van der Waals surface area contributed by atoms with Crippen molar-refractivity contribution >= 4 is 35.0 Å². The number of carbonyl (C=O) groups is 1. The molecule has 0 heterocycles. The number of amides is 1. The van der Waals surface area contributed by atoms with Crippen LogP contribution in [0.1, 0.15) is 0 Å². The summed E-state index contributed by atoms with van der Waals surface area (Å²) in [4.78, 5) is 11.8. The smallest absolute Gasteiger partial charge is 0.234 e. The highest BCUT2D eigenvalue weighted by molar-refractivity contribution is 7.99. The minimum Gasteiger partial charge on any atom is -0.497 e. The molecule has 0 fully saturated rings. The Labute approximate surface area is 145 Å². The number of methoxy groups -OCH3 is 1. The van der Waals surface area contributed by atoms with Crippen molar-refractivity contribution in [2.45, 2.75) is 0 Å². The van der Waals surface area contributed by atoms with Gasteiger partial charge in [0.25, 0.3) is 0 Å². The molecule has 2 rings (SSSR count). The predicted octanol–water partition coefficient (Wildman–Crippen LogP) is 4.10. The molecule has 0 aliphatic rings. The average molecular weight is 352 g/mol. The molecule has 122 valence electrons. The number of hydrogen-bond donors (Lipinski definition) is 1. The molecule has 1 N–H and O–H groups in total. The number of thioether (sulfide) groups is 1. The van der Waals surface area contributed by atoms with E-state index in [4.69, 9.17) is 21.1 Å². The van der Waals surface area contributed by atoms with Crippen LogP contribution in [0.4, 0.5) is 5.69 Å². The molecule has 0 saturated heterocycles. The van der Waals surface area contributed by atoms with Gasteiger partial charge in [0.15, 0.2) is 0 Å². The van der Waals surface area contributed by atoms with Crippen LogP contribution in [-0.4, -0.2) is 31.1 Å². The van der Waals surface area contributed by atoms with Crippen LogP contribution < -0.4 is 14.8 Å². The molecule has 0 unspecified atom stereocenters. The van der Waals surface area contributed by atoms with Crippen LogP contribution in [0.5, 0.6) is 11.5 Å². The minimum absolute atomic E-state index is 0.0540. The lowest BCUT2D eigenvalue weighted by Gasteiger charge is -2.07. The van der Waals surface area contributed by atoms with E-state index in [1.165, 1.54) is 11.8 Å². The van der Waals surface area contributed by atoms with Crippen molar-refractivity contribution in [3.63, 3.8) is 0 Å². The molecule has 0 bridgehead atoms. The number of nitrogens with one attached hydrogen (secondary N) is 1. The summed E-state index contributed by atoms with van der Waals surface area (Å²) in [6, 6.07) is 14.5. The maximum absolute atomic E-state index is 11.8. The Bertz CT molecular complexity index is 634. The molecule has 2 aromatic carbocycles. The Hall–Kier alpha value is -1.85. The average Bonchev–Trinajstić information content (AvgIpc) is 2.55. The lowest BCUT2D eigenvalue weighted by Crippen LogP contribution is -2.15. The van der Waals surface area contributed by atoms with Crippen molar-refractivity contribution in [2.75, 3.05) is 30.5 Å². The molecule has 0 aromatic heterocycles. The van der Waals surface area contributed by atoms with Crippen LogP contribution in [0.2, 0.25) is 5.02 Å². The summed E-state index contributed by atoms with van der Waals surface area (Å²) < 4.78 is 10.7. The Balaban J connectivity index is 1.62. The molecule has 23 heavy (non-hydrogen) atoms. The third kappa shape index (κ3) is 6.42. The number of anilines is 1. The number of ether oxygens (including phenoxy) is 2. The summed E-state index contributed by atoms with van der Waals surface area (Å²) in [5.74, 6) is 2.63. The molecule has 0 aliphatic carbocycles. The van der Waals surface area contributed by atoms with Gasteiger partial charge >= 0.3 is 0 Å². The molecule has 1 amide bonds. The van der Waals surface area contributed by atoms with Gasteiger partial charge in [-0.05, 0) is 42.5 Å². The molecule has 6 heteroatoms. The predicted molar refractivity (Wildman–Crippen MR) is 95.9 cm³/mol. The molecule has 0 aliphatic heterocycles. The first-order chi connectivity index (χ1) is 11.2. The van der Waals surface area contributed by atoms with Crippen molar-refractivity contribution in [3.8, 4) is 11.5 Å². The number of benzene rings is 2. The van der Waals surface area contributed by atoms with E-state index in [1.54, 1.807) is 31.4 Å². The monoisotopic (exact) mass is 351 g/mol. The van der Waals surface area contributed by atoms with E-state index in [0.29, 0.717) is 23.1 Å². The summed E-state index contributed by atoms with van der Waals surface area (Å²) in [5.41, 5.74) is 0.706. The molecular formula is C17H18ClNO3S. The maximum Gasteiger partial charge on any atom is 0.234 e. The third-order valence-corrected chi connectivity index (χ3v) is 4.05. The maximum atomic E-state index is 11.8. The third-order valence-electron chi connectivity index (χ3n) is 2.90. The van der Waals surface area contributed by atoms with Crippen molar-refractivity contribution in [1.82, 2.24) is 0 Å². The summed E-state index contributed by atoms with van der Waals surface area (Å²) >= 11 is 7.39. The second-order valence-corrected chi connectivity index (χ2v) is 6.18. The summed E-state index contributed by atoms with van der Waals surface area (Å²) in [6.45, 7) is 0.543. The van der Waals surface area contributed by atoms with E-state index < -0.39 is 0 Å². The molecule has 2 aromatic rings. The fourth-order valence-electron chi connectivity index (χ4n) is 1.82. The first-order valence-corrected chi connectivity index (χ1v) is 8.60. The van der Waals surface area contributed by atoms with Crippen molar-refractivity contribution in [3.05, 3.63) is 53.6 Å². The van der Waals surface area contributed by atoms with Gasteiger partial charge in [0.1, 0.15) is 11.5 Å². The van der Waals surface area contributed by atoms with E-state index >= 15 is 0 Å². The molecule has 0 radical (unpaired) electrons. The zero-order valence-corrected chi connectivity index (χ0v) is 14.3. The number of halogens is 1. The lowest BCUT2D eigenvalue weighted by atomic mass is 10.3. The van der Waals surface area contributed by atoms with Crippen molar-refractivity contribution in [2.24, 2.45) is 0 Å². The van der Waals surface area contributed by atoms with Crippen molar-refractivity contribution in [1.29, 1.82) is 0 Å². The van der Waals surface area contributed by atoms with Gasteiger partial charge in [-0.2, -0.15) is 0 Å². The fraction of sp³-hybridized carbons (Fsp3) is 0.235. The number of rotatable bonds is 8. The van der Waals surface area contributed by atoms with Crippen LogP contribution in [0, 0.1) is 0 Å². The minimum atomic E-state index is -0.0540. The topological polar surface area (TPSA) is 47.6 Å². The number of hydrogen-bond acceptors (Lipinski definition) is 4. The Kier molecular flexibility index (Phi) is 7.10. The van der Waals surface area contributed by atoms with E-state index in [2.05, 4.69) is 5.32 Å². The van der Waals surface area contributed by atoms with Gasteiger partial charge in [-0.1, -0.05) is 17.7 Å². The van der Waals surface area contributed by atoms with Gasteiger partial charge in [-0.25, -0.2) is 0 Å². The second kappa shape index (κ2) is 9.33. The zero-order valence-electron chi connectivity index (χ0n) is 12.8. The van der Waals surface area contributed by atoms with Gasteiger partial charge in [-0.15, -0.1) is 11.8 Å². The van der Waals surface area contributed by atoms with Gasteiger partial charge in [-0.3, -0.25) is 4.79 Å². The zero-order chi connectivity index (χ0) is 16.5. The van der Waals surface area contributed by atoms with Crippen LogP contribution in [0.25, 0.3) is 0 Å². The first kappa shape index (κ1) is 17.5. The van der Waals surface area contributed by atoms with Crippen LogP contribution in [0.15, 0.2) is 48.5 Å². The quantitative estimate of drug-likeness (QED) is 0.727. The summed E-state index contributed by atoms with van der Waals surface area (Å²) in [5, 5.41) is 3.41. The lowest BCUT2D eigenvalue weighted by molar-refractivity contribution is -0.113. The van der Waals surface area contributed by atoms with Crippen molar-refractivity contribution < 1.29 is 14.3 Å². The second-order valence-electron chi connectivity index (χ2n) is 4.64. The SMILES string of the molecule is COc1ccc(OCCSCC(=O)Nc2cccc(Cl)c2)cc1. The molecule has 4 nitrogen and oxygen atoms in total. The van der Waals surface area contributed by atoms with Gasteiger partial charge in [0.2, 0.25) is 5.91 Å². The highest BCUT2D eigenvalue weighted by Crippen LogP contribution is 2.17. The standard InChI is InChI=1S/C17H18ClNO3S/c1-21-15-5-7-16(8-6-15)22-9-10-23-12-17(20)19-14-4-2-3-13(18)11-14/h2-8,11H,9-10,12H2,1H3,(H,19,20). The Morgan fingerprint density at radius 3 is 2.61 bits per heavy atom. The number of carbonyl (C=O) groups excluding carboxylic acids is 1. The van der Waals surface area contributed by atoms with Gasteiger partial charge in [0.05, 0.1) is 19.5 Å². The molecule has 0 atom stereocenters. The first-order valence-electron chi connectivity index (χ1n) is 7.07. The van der Waals surface area contributed by atoms with E-state index in [9.17, 15) is 4.79 Å². The highest BCUT2D eigenvalue weighted by atomic mass is 35.5. The van der Waals surface area contributed by atoms with Crippen LogP contribution >= 0.6 is 23.4 Å². The van der Waals surface area contributed by atoms with Crippen LogP contribution in [0.3, 0.4) is 0 Å². The van der Waals surface area contributed by atoms with E-state index in [-0.39, 0.29) is 5.91 Å². The highest BCUT2D eigenvalue weighted by Gasteiger charge is 2.03. The Morgan fingerprint density at radius 1 is 1.17 bits per heavy atom. The molecular weight excluding hydrogens is 334 g/mol. The fourth-order valence-corrected chi connectivity index (χ4v) is 2.61. The summed E-state index contributed by atoms with van der Waals surface area (Å²) in [6.07, 6.45) is 0. The molecule has 0 spiro atoms. The van der Waals surface area contributed by atoms with E-state index in [1.807, 2.05) is 24.3 Å². The van der Waals surface area contributed by atoms with Gasteiger partial charge < -0.3 is 14.8 Å². The largest absolute Gasteiger partial charge is 0.497 e. The summed E-state index contributed by atoms with van der Waals surface area (Å²) in [7, 11) is 1.63. The van der Waals surface area contributed by atoms with E-state index in [0.717, 1.165) is 17.3 Å². The molecule has 0 saturated carbocycles.